The zero-order valence-corrected chi connectivity index (χ0v) is 14.7. The van der Waals surface area contributed by atoms with E-state index in [1.807, 2.05) is 13.1 Å². The molecule has 124 valence electrons. The Kier molecular flexibility index (Phi) is 5.94. The molecule has 0 radical (unpaired) electrons. The standard InChI is InChI=1S/C14H23N3O3S2/c1-11-10-16-14(21-11)3-6-15-13(18)9-12-4-7-17(8-5-12)22(2,19)20/h10,12H,3-9H2,1-2H3,(H,15,18). The molecule has 6 nitrogen and oxygen atoms in total. The summed E-state index contributed by atoms with van der Waals surface area (Å²) in [5.74, 6) is 0.325. The number of sulfonamides is 1. The summed E-state index contributed by atoms with van der Waals surface area (Å²) in [5, 5.41) is 3.97. The first-order valence-electron chi connectivity index (χ1n) is 7.47. The topological polar surface area (TPSA) is 79.4 Å². The van der Waals surface area contributed by atoms with Crippen LogP contribution in [0.4, 0.5) is 0 Å². The van der Waals surface area contributed by atoms with E-state index in [1.54, 1.807) is 11.3 Å². The van der Waals surface area contributed by atoms with Gasteiger partial charge in [-0.25, -0.2) is 17.7 Å². The van der Waals surface area contributed by atoms with E-state index in [9.17, 15) is 13.2 Å². The molecule has 0 unspecified atom stereocenters. The predicted molar refractivity (Wildman–Crippen MR) is 87.3 cm³/mol. The van der Waals surface area contributed by atoms with Crippen LogP contribution in [0.25, 0.3) is 0 Å². The van der Waals surface area contributed by atoms with Gasteiger partial charge in [0.1, 0.15) is 0 Å². The third-order valence-electron chi connectivity index (χ3n) is 3.85. The van der Waals surface area contributed by atoms with Crippen LogP contribution in [0.1, 0.15) is 29.1 Å². The smallest absolute Gasteiger partial charge is 0.220 e. The molecule has 1 N–H and O–H groups in total. The van der Waals surface area contributed by atoms with E-state index in [-0.39, 0.29) is 11.8 Å². The molecule has 8 heteroatoms. The zero-order valence-electron chi connectivity index (χ0n) is 13.0. The van der Waals surface area contributed by atoms with Gasteiger partial charge in [0.05, 0.1) is 11.3 Å². The van der Waals surface area contributed by atoms with E-state index >= 15 is 0 Å². The number of nitrogens with one attached hydrogen (secondary N) is 1. The molecular formula is C14H23N3O3S2. The van der Waals surface area contributed by atoms with Crippen molar-refractivity contribution in [2.45, 2.75) is 32.6 Å². The third kappa shape index (κ3) is 5.33. The van der Waals surface area contributed by atoms with Crippen molar-refractivity contribution in [2.75, 3.05) is 25.9 Å². The summed E-state index contributed by atoms with van der Waals surface area (Å²) in [5.41, 5.74) is 0. The number of rotatable bonds is 6. The molecule has 0 aliphatic carbocycles. The lowest BCUT2D eigenvalue weighted by atomic mass is 9.94. The number of aromatic nitrogens is 1. The Bertz CT molecular complexity index is 605. The van der Waals surface area contributed by atoms with E-state index in [2.05, 4.69) is 10.3 Å². The van der Waals surface area contributed by atoms with Gasteiger partial charge in [0.2, 0.25) is 15.9 Å². The fourth-order valence-corrected chi connectivity index (χ4v) is 4.27. The predicted octanol–water partition coefficient (Wildman–Crippen LogP) is 1.17. The van der Waals surface area contributed by atoms with Crippen molar-refractivity contribution in [3.8, 4) is 0 Å². The second kappa shape index (κ2) is 7.52. The molecule has 0 spiro atoms. The largest absolute Gasteiger partial charge is 0.356 e. The van der Waals surface area contributed by atoms with Gasteiger partial charge in [0.15, 0.2) is 0 Å². The second-order valence-corrected chi connectivity index (χ2v) is 9.08. The number of nitrogens with zero attached hydrogens (tertiary/aromatic N) is 2. The summed E-state index contributed by atoms with van der Waals surface area (Å²) in [6, 6.07) is 0. The minimum absolute atomic E-state index is 0.0473. The number of aryl methyl sites for hydroxylation is 1. The van der Waals surface area contributed by atoms with Gasteiger partial charge < -0.3 is 5.32 Å². The Morgan fingerprint density at radius 2 is 2.14 bits per heavy atom. The third-order valence-corrected chi connectivity index (χ3v) is 6.12. The second-order valence-electron chi connectivity index (χ2n) is 5.77. The van der Waals surface area contributed by atoms with Gasteiger partial charge in [-0.15, -0.1) is 11.3 Å². The van der Waals surface area contributed by atoms with Gasteiger partial charge in [-0.1, -0.05) is 0 Å². The minimum Gasteiger partial charge on any atom is -0.356 e. The number of piperidine rings is 1. The van der Waals surface area contributed by atoms with Gasteiger partial charge in [-0.05, 0) is 25.7 Å². The molecule has 0 aromatic carbocycles. The van der Waals surface area contributed by atoms with E-state index < -0.39 is 10.0 Å². The normalized spacial score (nSPS) is 17.5. The Labute approximate surface area is 136 Å². The minimum atomic E-state index is -3.09. The first-order valence-corrected chi connectivity index (χ1v) is 10.1. The molecule has 0 atom stereocenters. The van der Waals surface area contributed by atoms with Crippen molar-refractivity contribution >= 4 is 27.3 Å². The van der Waals surface area contributed by atoms with Gasteiger partial charge in [-0.3, -0.25) is 4.79 Å². The number of carbonyl (C=O) groups excluding carboxylic acids is 1. The number of hydrogen-bond donors (Lipinski definition) is 1. The lowest BCUT2D eigenvalue weighted by molar-refractivity contribution is -0.122. The summed E-state index contributed by atoms with van der Waals surface area (Å²) < 4.78 is 24.4. The first-order chi connectivity index (χ1) is 10.3. The van der Waals surface area contributed by atoms with Crippen molar-refractivity contribution in [1.82, 2.24) is 14.6 Å². The van der Waals surface area contributed by atoms with Crippen LogP contribution < -0.4 is 5.32 Å². The molecule has 0 bridgehead atoms. The number of thiazole rings is 1. The Hall–Kier alpha value is -0.990. The molecule has 22 heavy (non-hydrogen) atoms. The van der Waals surface area contributed by atoms with E-state index in [1.165, 1.54) is 15.4 Å². The molecule has 0 saturated carbocycles. The SMILES string of the molecule is Cc1cnc(CCNC(=O)CC2CCN(S(C)(=O)=O)CC2)s1. The van der Waals surface area contributed by atoms with Gasteiger partial charge in [0.25, 0.3) is 0 Å². The highest BCUT2D eigenvalue weighted by Gasteiger charge is 2.26. The number of hydrogen-bond acceptors (Lipinski definition) is 5. The molecule has 1 fully saturated rings. The Morgan fingerprint density at radius 3 is 2.68 bits per heavy atom. The fraction of sp³-hybridized carbons (Fsp3) is 0.714. The van der Waals surface area contributed by atoms with Crippen LogP contribution >= 0.6 is 11.3 Å². The van der Waals surface area contributed by atoms with Crippen LogP contribution in [-0.4, -0.2) is 49.5 Å². The maximum Gasteiger partial charge on any atom is 0.220 e. The van der Waals surface area contributed by atoms with E-state index in [0.29, 0.717) is 26.1 Å². The first kappa shape index (κ1) is 17.4. The van der Waals surface area contributed by atoms with Gasteiger partial charge in [-0.2, -0.15) is 0 Å². The van der Waals surface area contributed by atoms with Crippen molar-refractivity contribution in [3.63, 3.8) is 0 Å². The maximum atomic E-state index is 11.9. The monoisotopic (exact) mass is 345 g/mol. The van der Waals surface area contributed by atoms with Crippen LogP contribution in [0.2, 0.25) is 0 Å². The quantitative estimate of drug-likeness (QED) is 0.839. The fourth-order valence-electron chi connectivity index (χ4n) is 2.61. The average molecular weight is 345 g/mol. The van der Waals surface area contributed by atoms with Crippen LogP contribution in [0.5, 0.6) is 0 Å². The van der Waals surface area contributed by atoms with Crippen LogP contribution in [0, 0.1) is 12.8 Å². The van der Waals surface area contributed by atoms with Crippen molar-refractivity contribution in [2.24, 2.45) is 5.92 Å². The molecule has 1 amide bonds. The Balaban J connectivity index is 1.66. The number of amides is 1. The molecular weight excluding hydrogens is 322 g/mol. The zero-order chi connectivity index (χ0) is 16.2. The summed E-state index contributed by atoms with van der Waals surface area (Å²) >= 11 is 1.65. The molecule has 2 rings (SSSR count). The van der Waals surface area contributed by atoms with Gasteiger partial charge in [0, 0.05) is 43.5 Å². The lowest BCUT2D eigenvalue weighted by Gasteiger charge is -2.29. The summed E-state index contributed by atoms with van der Waals surface area (Å²) in [6.07, 6.45) is 5.83. The van der Waals surface area contributed by atoms with E-state index in [0.717, 1.165) is 24.3 Å². The average Bonchev–Trinajstić information content (AvgIpc) is 2.84. The molecule has 1 aliphatic rings. The van der Waals surface area contributed by atoms with Crippen molar-refractivity contribution < 1.29 is 13.2 Å². The van der Waals surface area contributed by atoms with E-state index in [4.69, 9.17) is 0 Å². The number of carbonyl (C=O) groups is 1. The molecule has 1 saturated heterocycles. The molecule has 1 aromatic rings. The maximum absolute atomic E-state index is 11.9. The van der Waals surface area contributed by atoms with Crippen LogP contribution in [0.15, 0.2) is 6.20 Å². The summed E-state index contributed by atoms with van der Waals surface area (Å²) in [6.45, 7) is 3.67. The van der Waals surface area contributed by atoms with Crippen LogP contribution in [0.3, 0.4) is 0 Å². The highest BCUT2D eigenvalue weighted by Crippen LogP contribution is 2.21. The van der Waals surface area contributed by atoms with Gasteiger partial charge >= 0.3 is 0 Å². The highest BCUT2D eigenvalue weighted by atomic mass is 32.2. The van der Waals surface area contributed by atoms with Crippen LogP contribution in [-0.2, 0) is 21.2 Å². The van der Waals surface area contributed by atoms with Crippen molar-refractivity contribution in [1.29, 1.82) is 0 Å². The molecule has 1 aliphatic heterocycles. The summed E-state index contributed by atoms with van der Waals surface area (Å²) in [7, 11) is -3.09. The lowest BCUT2D eigenvalue weighted by Crippen LogP contribution is -2.39. The Morgan fingerprint density at radius 1 is 1.45 bits per heavy atom. The molecule has 1 aromatic heterocycles. The highest BCUT2D eigenvalue weighted by molar-refractivity contribution is 7.88. The summed E-state index contributed by atoms with van der Waals surface area (Å²) in [4.78, 5) is 17.4. The molecule has 2 heterocycles. The van der Waals surface area contributed by atoms with Crippen molar-refractivity contribution in [3.05, 3.63) is 16.1 Å².